The van der Waals surface area contributed by atoms with E-state index in [4.69, 9.17) is 22.6 Å². The topological polar surface area (TPSA) is 49.8 Å². The maximum Gasteiger partial charge on any atom is 0.0991 e. The maximum absolute atomic E-state index is 8.70. The first kappa shape index (κ1) is 11.8. The molecule has 0 radical (unpaired) electrons. The van der Waals surface area contributed by atoms with E-state index in [0.29, 0.717) is 16.3 Å². The average Bonchev–Trinajstić information content (AvgIpc) is 2.34. The van der Waals surface area contributed by atoms with Crippen LogP contribution < -0.4 is 5.73 Å². The van der Waals surface area contributed by atoms with E-state index < -0.39 is 0 Å². The summed E-state index contributed by atoms with van der Waals surface area (Å²) in [6.07, 6.45) is 0. The molecule has 0 bridgehead atoms. The second-order valence-corrected chi connectivity index (χ2v) is 4.95. The molecule has 0 saturated carbocycles. The lowest BCUT2D eigenvalue weighted by Gasteiger charge is -2.04. The van der Waals surface area contributed by atoms with Crippen molar-refractivity contribution in [2.45, 2.75) is 9.79 Å². The Morgan fingerprint density at radius 1 is 1.12 bits per heavy atom. The van der Waals surface area contributed by atoms with Crippen molar-refractivity contribution in [1.29, 1.82) is 5.26 Å². The molecule has 0 aliphatic rings. The molecule has 2 aromatic rings. The van der Waals surface area contributed by atoms with Crippen LogP contribution >= 0.6 is 23.4 Å². The van der Waals surface area contributed by atoms with Crippen molar-refractivity contribution in [1.82, 2.24) is 0 Å². The number of nitrogens with two attached hydrogens (primary N) is 1. The van der Waals surface area contributed by atoms with E-state index in [-0.39, 0.29) is 0 Å². The number of hydrogen-bond donors (Lipinski definition) is 1. The van der Waals surface area contributed by atoms with Gasteiger partial charge in [-0.05, 0) is 42.5 Å². The van der Waals surface area contributed by atoms with E-state index in [2.05, 4.69) is 6.07 Å². The molecule has 0 aliphatic carbocycles. The number of rotatable bonds is 2. The van der Waals surface area contributed by atoms with Crippen LogP contribution in [-0.4, -0.2) is 0 Å². The van der Waals surface area contributed by atoms with Gasteiger partial charge in [0.25, 0.3) is 0 Å². The molecular weight excluding hydrogens is 252 g/mol. The molecule has 2 rings (SSSR count). The summed E-state index contributed by atoms with van der Waals surface area (Å²) >= 11 is 7.63. The average molecular weight is 261 g/mol. The Morgan fingerprint density at radius 2 is 1.82 bits per heavy atom. The standard InChI is InChI=1S/C13H9ClN2S/c14-12-7-10(16)3-6-13(12)17-11-4-1-9(8-15)2-5-11/h1-7H,16H2. The summed E-state index contributed by atoms with van der Waals surface area (Å²) in [5.74, 6) is 0. The number of nitrogens with zero attached hydrogens (tertiary/aromatic N) is 1. The SMILES string of the molecule is N#Cc1ccc(Sc2ccc(N)cc2Cl)cc1. The van der Waals surface area contributed by atoms with Crippen LogP contribution in [0.1, 0.15) is 5.56 Å². The highest BCUT2D eigenvalue weighted by Gasteiger charge is 2.03. The lowest BCUT2D eigenvalue weighted by Crippen LogP contribution is -1.84. The summed E-state index contributed by atoms with van der Waals surface area (Å²) in [5.41, 5.74) is 6.93. The molecule has 84 valence electrons. The second kappa shape index (κ2) is 5.13. The van der Waals surface area contributed by atoms with Gasteiger partial charge in [0.15, 0.2) is 0 Å². The van der Waals surface area contributed by atoms with Gasteiger partial charge in [0, 0.05) is 15.5 Å². The minimum absolute atomic E-state index is 0.638. The lowest BCUT2D eigenvalue weighted by atomic mass is 10.2. The van der Waals surface area contributed by atoms with Crippen LogP contribution in [-0.2, 0) is 0 Å². The number of halogens is 1. The molecule has 2 aromatic carbocycles. The second-order valence-electron chi connectivity index (χ2n) is 3.43. The van der Waals surface area contributed by atoms with Crippen LogP contribution in [0.25, 0.3) is 0 Å². The van der Waals surface area contributed by atoms with Gasteiger partial charge in [-0.25, -0.2) is 0 Å². The molecule has 2 nitrogen and oxygen atoms in total. The maximum atomic E-state index is 8.70. The fourth-order valence-corrected chi connectivity index (χ4v) is 2.45. The van der Waals surface area contributed by atoms with Gasteiger partial charge in [0.2, 0.25) is 0 Å². The van der Waals surface area contributed by atoms with Crippen molar-refractivity contribution in [3.8, 4) is 6.07 Å². The van der Waals surface area contributed by atoms with Gasteiger partial charge in [0.05, 0.1) is 16.7 Å². The Morgan fingerprint density at radius 3 is 2.41 bits per heavy atom. The molecule has 0 atom stereocenters. The van der Waals surface area contributed by atoms with Gasteiger partial charge in [-0.1, -0.05) is 23.4 Å². The minimum Gasteiger partial charge on any atom is -0.399 e. The van der Waals surface area contributed by atoms with E-state index >= 15 is 0 Å². The van der Waals surface area contributed by atoms with Crippen molar-refractivity contribution >= 4 is 29.1 Å². The zero-order valence-corrected chi connectivity index (χ0v) is 10.4. The van der Waals surface area contributed by atoms with Crippen molar-refractivity contribution in [2.24, 2.45) is 0 Å². The lowest BCUT2D eigenvalue weighted by molar-refractivity contribution is 1.39. The summed E-state index contributed by atoms with van der Waals surface area (Å²) in [6, 6.07) is 14.9. The number of nitrogen functional groups attached to an aromatic ring is 1. The Bertz CT molecular complexity index is 573. The fraction of sp³-hybridized carbons (Fsp3) is 0. The molecule has 0 spiro atoms. The van der Waals surface area contributed by atoms with E-state index in [9.17, 15) is 0 Å². The predicted octanol–water partition coefficient (Wildman–Crippen LogP) is 3.95. The van der Waals surface area contributed by atoms with Crippen LogP contribution in [0.3, 0.4) is 0 Å². The molecular formula is C13H9ClN2S. The van der Waals surface area contributed by atoms with Gasteiger partial charge in [-0.3, -0.25) is 0 Å². The minimum atomic E-state index is 0.638. The first-order valence-electron chi connectivity index (χ1n) is 4.92. The zero-order chi connectivity index (χ0) is 12.3. The van der Waals surface area contributed by atoms with Gasteiger partial charge in [-0.15, -0.1) is 0 Å². The van der Waals surface area contributed by atoms with Gasteiger partial charge < -0.3 is 5.73 Å². The molecule has 17 heavy (non-hydrogen) atoms. The molecule has 0 fully saturated rings. The van der Waals surface area contributed by atoms with Crippen LogP contribution in [0.15, 0.2) is 52.3 Å². The van der Waals surface area contributed by atoms with Crippen LogP contribution in [0.2, 0.25) is 5.02 Å². The summed E-state index contributed by atoms with van der Waals surface area (Å²) in [5, 5.41) is 9.34. The highest BCUT2D eigenvalue weighted by molar-refractivity contribution is 7.99. The van der Waals surface area contributed by atoms with Crippen molar-refractivity contribution in [2.75, 3.05) is 5.73 Å². The molecule has 0 aliphatic heterocycles. The molecule has 0 saturated heterocycles. The summed E-state index contributed by atoms with van der Waals surface area (Å²) in [4.78, 5) is 1.99. The smallest absolute Gasteiger partial charge is 0.0991 e. The van der Waals surface area contributed by atoms with E-state index in [1.165, 1.54) is 0 Å². The van der Waals surface area contributed by atoms with Gasteiger partial charge in [-0.2, -0.15) is 5.26 Å². The summed E-state index contributed by atoms with van der Waals surface area (Å²) in [7, 11) is 0. The third-order valence-corrected chi connectivity index (χ3v) is 3.68. The largest absolute Gasteiger partial charge is 0.399 e. The van der Waals surface area contributed by atoms with Gasteiger partial charge in [0.1, 0.15) is 0 Å². The van der Waals surface area contributed by atoms with Crippen molar-refractivity contribution < 1.29 is 0 Å². The Balaban J connectivity index is 2.23. The number of anilines is 1. The molecule has 4 heteroatoms. The summed E-state index contributed by atoms with van der Waals surface area (Å²) in [6.45, 7) is 0. The first-order chi connectivity index (χ1) is 8.19. The molecule has 0 unspecified atom stereocenters. The van der Waals surface area contributed by atoms with Crippen LogP contribution in [0.5, 0.6) is 0 Å². The van der Waals surface area contributed by atoms with Crippen LogP contribution in [0.4, 0.5) is 5.69 Å². The fourth-order valence-electron chi connectivity index (χ4n) is 1.32. The highest BCUT2D eigenvalue weighted by atomic mass is 35.5. The third-order valence-electron chi connectivity index (χ3n) is 2.17. The monoisotopic (exact) mass is 260 g/mol. The van der Waals surface area contributed by atoms with Crippen LogP contribution in [0, 0.1) is 11.3 Å². The predicted molar refractivity (Wildman–Crippen MR) is 71.1 cm³/mol. The van der Waals surface area contributed by atoms with E-state index in [0.717, 1.165) is 9.79 Å². The Hall–Kier alpha value is -1.63. The molecule has 0 heterocycles. The van der Waals surface area contributed by atoms with Gasteiger partial charge >= 0.3 is 0 Å². The first-order valence-corrected chi connectivity index (χ1v) is 6.11. The Labute approximate surface area is 109 Å². The van der Waals surface area contributed by atoms with Crippen molar-refractivity contribution in [3.63, 3.8) is 0 Å². The van der Waals surface area contributed by atoms with E-state index in [1.54, 1.807) is 30.0 Å². The quantitative estimate of drug-likeness (QED) is 0.832. The number of hydrogen-bond acceptors (Lipinski definition) is 3. The molecule has 2 N–H and O–H groups in total. The normalized spacial score (nSPS) is 9.88. The highest BCUT2D eigenvalue weighted by Crippen LogP contribution is 2.34. The summed E-state index contributed by atoms with van der Waals surface area (Å²) < 4.78 is 0. The third kappa shape index (κ3) is 2.94. The molecule has 0 aromatic heterocycles. The van der Waals surface area contributed by atoms with Crippen molar-refractivity contribution in [3.05, 3.63) is 53.1 Å². The number of nitriles is 1. The Kier molecular flexibility index (Phi) is 3.58. The molecule has 0 amide bonds. The number of benzene rings is 2. The van der Waals surface area contributed by atoms with E-state index in [1.807, 2.05) is 24.3 Å². The zero-order valence-electron chi connectivity index (χ0n) is 8.85.